The number of amides is 1. The fraction of sp³-hybridized carbons (Fsp3) is 0.353. The molecule has 1 aromatic rings. The molecule has 0 radical (unpaired) electrons. The summed E-state index contributed by atoms with van der Waals surface area (Å²) in [6, 6.07) is 6.41. The van der Waals surface area contributed by atoms with Gasteiger partial charge in [-0.1, -0.05) is 12.1 Å². The van der Waals surface area contributed by atoms with E-state index in [9.17, 15) is 14.7 Å². The highest BCUT2D eigenvalue weighted by Crippen LogP contribution is 2.20. The van der Waals surface area contributed by atoms with Crippen molar-refractivity contribution in [2.45, 2.75) is 33.3 Å². The van der Waals surface area contributed by atoms with Gasteiger partial charge in [-0.2, -0.15) is 0 Å². The molecular formula is C17H20N2O4. The molecule has 0 fully saturated rings. The van der Waals surface area contributed by atoms with Crippen LogP contribution >= 0.6 is 0 Å². The lowest BCUT2D eigenvalue weighted by Gasteiger charge is -2.22. The largest absolute Gasteiger partial charge is 0.508 e. The summed E-state index contributed by atoms with van der Waals surface area (Å²) in [6.07, 6.45) is 1.61. The van der Waals surface area contributed by atoms with E-state index in [2.05, 4.69) is 4.99 Å². The highest BCUT2D eigenvalue weighted by Gasteiger charge is 2.30. The fourth-order valence-corrected chi connectivity index (χ4v) is 2.08. The predicted molar refractivity (Wildman–Crippen MR) is 86.8 cm³/mol. The number of hydrogen-bond acceptors (Lipinski definition) is 5. The Labute approximate surface area is 135 Å². The molecule has 0 unspecified atom stereocenters. The first-order valence-electron chi connectivity index (χ1n) is 7.25. The first-order valence-corrected chi connectivity index (χ1v) is 7.25. The van der Waals surface area contributed by atoms with Crippen LogP contribution in [0.25, 0.3) is 6.08 Å². The number of benzene rings is 1. The van der Waals surface area contributed by atoms with E-state index in [1.807, 2.05) is 0 Å². The zero-order valence-electron chi connectivity index (χ0n) is 13.7. The molecule has 1 aliphatic heterocycles. The smallest absolute Gasteiger partial charge is 0.326 e. The normalized spacial score (nSPS) is 16.7. The van der Waals surface area contributed by atoms with Crippen molar-refractivity contribution in [1.29, 1.82) is 0 Å². The minimum absolute atomic E-state index is 0.149. The summed E-state index contributed by atoms with van der Waals surface area (Å²) in [5.74, 6) is -0.227. The molecule has 122 valence electrons. The third-order valence-electron chi connectivity index (χ3n) is 3.04. The molecule has 0 aromatic heterocycles. The molecule has 23 heavy (non-hydrogen) atoms. The topological polar surface area (TPSA) is 79.2 Å². The summed E-state index contributed by atoms with van der Waals surface area (Å²) in [7, 11) is 0. The molecule has 2 rings (SSSR count). The zero-order valence-corrected chi connectivity index (χ0v) is 13.7. The van der Waals surface area contributed by atoms with Gasteiger partial charge in [-0.3, -0.25) is 14.5 Å². The Balaban J connectivity index is 2.12. The number of nitrogens with zero attached hydrogens (tertiary/aromatic N) is 2. The molecule has 1 aliphatic rings. The molecule has 0 spiro atoms. The van der Waals surface area contributed by atoms with Crippen LogP contribution in [0.15, 0.2) is 35.0 Å². The maximum Gasteiger partial charge on any atom is 0.326 e. The van der Waals surface area contributed by atoms with Crippen molar-refractivity contribution in [2.75, 3.05) is 6.54 Å². The Morgan fingerprint density at radius 3 is 2.48 bits per heavy atom. The van der Waals surface area contributed by atoms with Crippen LogP contribution in [0.3, 0.4) is 0 Å². The van der Waals surface area contributed by atoms with Crippen molar-refractivity contribution in [2.24, 2.45) is 4.99 Å². The van der Waals surface area contributed by atoms with E-state index < -0.39 is 11.6 Å². The van der Waals surface area contributed by atoms with Crippen LogP contribution in [-0.4, -0.2) is 39.9 Å². The molecule has 1 heterocycles. The molecule has 0 saturated carbocycles. The molecule has 0 atom stereocenters. The number of amidine groups is 1. The van der Waals surface area contributed by atoms with Crippen molar-refractivity contribution in [1.82, 2.24) is 4.90 Å². The molecule has 1 amide bonds. The van der Waals surface area contributed by atoms with Gasteiger partial charge in [0, 0.05) is 0 Å². The number of esters is 1. The van der Waals surface area contributed by atoms with Crippen molar-refractivity contribution in [3.63, 3.8) is 0 Å². The van der Waals surface area contributed by atoms with Crippen LogP contribution in [0.4, 0.5) is 0 Å². The number of hydrogen-bond donors (Lipinski definition) is 1. The van der Waals surface area contributed by atoms with Gasteiger partial charge >= 0.3 is 5.97 Å². The molecular weight excluding hydrogens is 296 g/mol. The van der Waals surface area contributed by atoms with Gasteiger partial charge in [0.2, 0.25) is 0 Å². The number of carbonyl (C=O) groups is 2. The summed E-state index contributed by atoms with van der Waals surface area (Å²) in [5, 5.41) is 9.27. The van der Waals surface area contributed by atoms with Crippen LogP contribution in [0.5, 0.6) is 5.75 Å². The maximum absolute atomic E-state index is 12.4. The fourth-order valence-electron chi connectivity index (χ4n) is 2.08. The van der Waals surface area contributed by atoms with Gasteiger partial charge in [-0.15, -0.1) is 0 Å². The van der Waals surface area contributed by atoms with Crippen LogP contribution in [0.1, 0.15) is 33.3 Å². The summed E-state index contributed by atoms with van der Waals surface area (Å²) in [5.41, 5.74) is 0.383. The number of phenolic OH excluding ortho intramolecular Hbond substituents is 1. The SMILES string of the molecule is CC1=N/C(=C/c2ccc(O)cc2)C(=O)N1CC(=O)OC(C)(C)C. The second-order valence-electron chi connectivity index (χ2n) is 6.26. The minimum atomic E-state index is -0.602. The zero-order chi connectivity index (χ0) is 17.2. The maximum atomic E-state index is 12.4. The Kier molecular flexibility index (Phi) is 4.54. The third-order valence-corrected chi connectivity index (χ3v) is 3.04. The molecule has 0 bridgehead atoms. The first-order chi connectivity index (χ1) is 10.7. The number of aliphatic imine (C=N–C) groups is 1. The summed E-state index contributed by atoms with van der Waals surface area (Å²) in [6.45, 7) is 6.81. The quantitative estimate of drug-likeness (QED) is 0.685. The highest BCUT2D eigenvalue weighted by molar-refractivity contribution is 6.14. The van der Waals surface area contributed by atoms with Gasteiger partial charge in [0.25, 0.3) is 5.91 Å². The molecule has 6 heteroatoms. The summed E-state index contributed by atoms with van der Waals surface area (Å²) < 4.78 is 5.23. The molecule has 6 nitrogen and oxygen atoms in total. The van der Waals surface area contributed by atoms with Gasteiger partial charge in [-0.25, -0.2) is 4.99 Å². The van der Waals surface area contributed by atoms with Crippen molar-refractivity contribution >= 4 is 23.8 Å². The Morgan fingerprint density at radius 2 is 1.91 bits per heavy atom. The van der Waals surface area contributed by atoms with Gasteiger partial charge in [0.05, 0.1) is 0 Å². The van der Waals surface area contributed by atoms with E-state index >= 15 is 0 Å². The lowest BCUT2D eigenvalue weighted by molar-refractivity contribution is -0.156. The number of aromatic hydroxyl groups is 1. The van der Waals surface area contributed by atoms with E-state index in [1.54, 1.807) is 45.9 Å². The molecule has 1 aromatic carbocycles. The van der Waals surface area contributed by atoms with Crippen molar-refractivity contribution in [3.05, 3.63) is 35.5 Å². The van der Waals surface area contributed by atoms with Crippen LogP contribution < -0.4 is 0 Å². The number of phenols is 1. The van der Waals surface area contributed by atoms with E-state index in [-0.39, 0.29) is 23.9 Å². The monoisotopic (exact) mass is 316 g/mol. The Morgan fingerprint density at radius 1 is 1.30 bits per heavy atom. The predicted octanol–water partition coefficient (Wildman–Crippen LogP) is 2.34. The van der Waals surface area contributed by atoms with Crippen molar-refractivity contribution < 1.29 is 19.4 Å². The van der Waals surface area contributed by atoms with Crippen LogP contribution in [0.2, 0.25) is 0 Å². The molecule has 1 N–H and O–H groups in total. The Bertz CT molecular complexity index is 682. The Hall–Kier alpha value is -2.63. The van der Waals surface area contributed by atoms with Gasteiger partial charge in [-0.05, 0) is 51.5 Å². The molecule has 0 aliphatic carbocycles. The minimum Gasteiger partial charge on any atom is -0.508 e. The summed E-state index contributed by atoms with van der Waals surface area (Å²) >= 11 is 0. The number of ether oxygens (including phenoxy) is 1. The van der Waals surface area contributed by atoms with E-state index in [0.717, 1.165) is 5.56 Å². The van der Waals surface area contributed by atoms with Crippen LogP contribution in [-0.2, 0) is 14.3 Å². The van der Waals surface area contributed by atoms with Crippen LogP contribution in [0, 0.1) is 0 Å². The standard InChI is InChI=1S/C17H20N2O4/c1-11-18-14(9-12-5-7-13(20)8-6-12)16(22)19(11)10-15(21)23-17(2,3)4/h5-9,20H,10H2,1-4H3/b14-9+. The summed E-state index contributed by atoms with van der Waals surface area (Å²) in [4.78, 5) is 29.8. The average molecular weight is 316 g/mol. The van der Waals surface area contributed by atoms with E-state index in [0.29, 0.717) is 5.84 Å². The van der Waals surface area contributed by atoms with Gasteiger partial charge in [0.1, 0.15) is 29.4 Å². The van der Waals surface area contributed by atoms with Gasteiger partial charge < -0.3 is 9.84 Å². The molecule has 0 saturated heterocycles. The van der Waals surface area contributed by atoms with Gasteiger partial charge in [0.15, 0.2) is 0 Å². The van der Waals surface area contributed by atoms with Crippen molar-refractivity contribution in [3.8, 4) is 5.75 Å². The first kappa shape index (κ1) is 16.7. The van der Waals surface area contributed by atoms with E-state index in [4.69, 9.17) is 4.74 Å². The second kappa shape index (κ2) is 6.24. The average Bonchev–Trinajstić information content (AvgIpc) is 2.67. The number of rotatable bonds is 3. The lowest BCUT2D eigenvalue weighted by Crippen LogP contribution is -2.38. The van der Waals surface area contributed by atoms with E-state index in [1.165, 1.54) is 17.0 Å². The number of carbonyl (C=O) groups excluding carboxylic acids is 2. The second-order valence-corrected chi connectivity index (χ2v) is 6.26. The highest BCUT2D eigenvalue weighted by atomic mass is 16.6. The third kappa shape index (κ3) is 4.42. The lowest BCUT2D eigenvalue weighted by atomic mass is 10.2.